The number of carbonyl (C=O) groups is 3. The number of ether oxygens (including phenoxy) is 1. The summed E-state index contributed by atoms with van der Waals surface area (Å²) in [6.07, 6.45) is 7.19. The number of ketones is 2. The molecule has 7 atom stereocenters. The van der Waals surface area contributed by atoms with Crippen molar-refractivity contribution in [1.29, 1.82) is 0 Å². The number of allylic oxidation sites excluding steroid dienone is 4. The first kappa shape index (κ1) is 22.1. The minimum Gasteiger partial charge on any atom is -0.468 e. The summed E-state index contributed by atoms with van der Waals surface area (Å²) in [5.74, 6) is 0.598. The van der Waals surface area contributed by atoms with Gasteiger partial charge in [0.1, 0.15) is 11.2 Å². The fourth-order valence-electron chi connectivity index (χ4n) is 7.75. The van der Waals surface area contributed by atoms with Crippen LogP contribution in [0.3, 0.4) is 0 Å². The minimum absolute atomic E-state index is 0.0329. The molecule has 0 aromatic rings. The number of Topliss-reactive ketones (excluding diaryl/α,β-unsaturated/α-hetero) is 1. The van der Waals surface area contributed by atoms with Crippen molar-refractivity contribution in [3.8, 4) is 0 Å². The van der Waals surface area contributed by atoms with E-state index in [1.807, 2.05) is 0 Å². The standard InChI is InChI=1S/C24H30Cl2O4/c1-13(27)24(21(29)30-4)8-6-17-16-11-20(26)19-10-15(28)9-14(12-25)23(19,3)18(16)5-7-22(17,24)2/h10-11,14,16-18H,5-9,12H2,1-4H3/t14?,16?,17?,18?,22-,23+,24+/m0/s1. The van der Waals surface area contributed by atoms with Gasteiger partial charge in [-0.1, -0.05) is 31.5 Å². The molecule has 0 N–H and O–H groups in total. The van der Waals surface area contributed by atoms with Crippen molar-refractivity contribution in [3.05, 3.63) is 22.8 Å². The molecule has 0 aromatic heterocycles. The van der Waals surface area contributed by atoms with Crippen LogP contribution in [0.1, 0.15) is 52.9 Å². The molecule has 0 radical (unpaired) electrons. The second kappa shape index (κ2) is 7.20. The fraction of sp³-hybridized carbons (Fsp3) is 0.708. The third-order valence-electron chi connectivity index (χ3n) is 9.40. The van der Waals surface area contributed by atoms with Crippen LogP contribution < -0.4 is 0 Å². The molecule has 0 amide bonds. The van der Waals surface area contributed by atoms with Crippen molar-refractivity contribution in [3.63, 3.8) is 0 Å². The Balaban J connectivity index is 1.84. The predicted octanol–water partition coefficient (Wildman–Crippen LogP) is 5.07. The highest BCUT2D eigenvalue weighted by molar-refractivity contribution is 6.32. The SMILES string of the molecule is COC(=O)[C@]1(C(C)=O)CCC2C3C=C(Cl)C4=CC(=O)CC(CCl)[C@]4(C)C3CC[C@@]21C. The number of alkyl halides is 1. The molecular formula is C24H30Cl2O4. The van der Waals surface area contributed by atoms with Crippen LogP contribution in [0, 0.1) is 39.9 Å². The average molecular weight is 453 g/mol. The van der Waals surface area contributed by atoms with Gasteiger partial charge in [0.05, 0.1) is 7.11 Å². The van der Waals surface area contributed by atoms with E-state index in [0.29, 0.717) is 23.8 Å². The normalized spacial score (nSPS) is 44.9. The van der Waals surface area contributed by atoms with Crippen LogP contribution in [-0.4, -0.2) is 30.5 Å². The molecule has 2 fully saturated rings. The van der Waals surface area contributed by atoms with Gasteiger partial charge in [-0.3, -0.25) is 14.4 Å². The van der Waals surface area contributed by atoms with Crippen molar-refractivity contribution in [2.24, 2.45) is 39.9 Å². The highest BCUT2D eigenvalue weighted by Crippen LogP contribution is 2.70. The van der Waals surface area contributed by atoms with Gasteiger partial charge in [-0.2, -0.15) is 0 Å². The number of methoxy groups -OCH3 is 1. The monoisotopic (exact) mass is 452 g/mol. The lowest BCUT2D eigenvalue weighted by Crippen LogP contribution is -2.57. The first-order chi connectivity index (χ1) is 14.1. The van der Waals surface area contributed by atoms with E-state index in [0.717, 1.165) is 24.8 Å². The molecule has 2 saturated carbocycles. The van der Waals surface area contributed by atoms with E-state index >= 15 is 0 Å². The van der Waals surface area contributed by atoms with Crippen molar-refractivity contribution < 1.29 is 19.1 Å². The molecule has 0 aromatic carbocycles. The quantitative estimate of drug-likeness (QED) is 0.340. The Morgan fingerprint density at radius 3 is 2.47 bits per heavy atom. The molecule has 0 bridgehead atoms. The first-order valence-corrected chi connectivity index (χ1v) is 11.8. The lowest BCUT2D eigenvalue weighted by molar-refractivity contribution is -0.170. The third kappa shape index (κ3) is 2.56. The molecule has 0 heterocycles. The van der Waals surface area contributed by atoms with E-state index in [1.165, 1.54) is 14.0 Å². The lowest BCUT2D eigenvalue weighted by atomic mass is 9.45. The molecule has 0 saturated heterocycles. The molecule has 0 spiro atoms. The second-order valence-electron chi connectivity index (χ2n) is 10.1. The molecule has 164 valence electrons. The Hall–Kier alpha value is -1.13. The summed E-state index contributed by atoms with van der Waals surface area (Å²) >= 11 is 13.2. The molecular weight excluding hydrogens is 423 g/mol. The maximum atomic E-state index is 12.9. The van der Waals surface area contributed by atoms with Gasteiger partial charge in [0, 0.05) is 22.7 Å². The minimum atomic E-state index is -1.09. The van der Waals surface area contributed by atoms with Gasteiger partial charge >= 0.3 is 5.97 Å². The lowest BCUT2D eigenvalue weighted by Gasteiger charge is -2.59. The highest BCUT2D eigenvalue weighted by atomic mass is 35.5. The zero-order valence-electron chi connectivity index (χ0n) is 18.1. The van der Waals surface area contributed by atoms with Crippen LogP contribution in [0.25, 0.3) is 0 Å². The summed E-state index contributed by atoms with van der Waals surface area (Å²) in [6.45, 7) is 5.83. The number of halogens is 2. The van der Waals surface area contributed by atoms with E-state index in [4.69, 9.17) is 27.9 Å². The van der Waals surface area contributed by atoms with Gasteiger partial charge < -0.3 is 4.74 Å². The van der Waals surface area contributed by atoms with E-state index in [-0.39, 0.29) is 40.7 Å². The zero-order chi connectivity index (χ0) is 22.1. The average Bonchev–Trinajstić information content (AvgIpc) is 3.02. The van der Waals surface area contributed by atoms with Crippen LogP contribution in [0.5, 0.6) is 0 Å². The van der Waals surface area contributed by atoms with Crippen LogP contribution in [-0.2, 0) is 19.1 Å². The summed E-state index contributed by atoms with van der Waals surface area (Å²) in [6, 6.07) is 0. The number of rotatable bonds is 3. The summed E-state index contributed by atoms with van der Waals surface area (Å²) < 4.78 is 5.16. The van der Waals surface area contributed by atoms with Gasteiger partial charge in [-0.05, 0) is 73.3 Å². The summed E-state index contributed by atoms with van der Waals surface area (Å²) in [5.41, 5.74) is -0.928. The van der Waals surface area contributed by atoms with Crippen LogP contribution in [0.4, 0.5) is 0 Å². The maximum absolute atomic E-state index is 12.9. The van der Waals surface area contributed by atoms with E-state index in [2.05, 4.69) is 19.9 Å². The Labute approximate surface area is 188 Å². The third-order valence-corrected chi connectivity index (χ3v) is 10.1. The first-order valence-electron chi connectivity index (χ1n) is 10.9. The molecule has 30 heavy (non-hydrogen) atoms. The second-order valence-corrected chi connectivity index (χ2v) is 10.8. The number of hydrogen-bond donors (Lipinski definition) is 0. The van der Waals surface area contributed by atoms with E-state index in [9.17, 15) is 14.4 Å². The van der Waals surface area contributed by atoms with E-state index in [1.54, 1.807) is 6.08 Å². The van der Waals surface area contributed by atoms with E-state index < -0.39 is 16.8 Å². The van der Waals surface area contributed by atoms with Gasteiger partial charge in [0.2, 0.25) is 0 Å². The number of carbonyl (C=O) groups excluding carboxylic acids is 3. The number of fused-ring (bicyclic) bond motifs is 5. The molecule has 4 unspecified atom stereocenters. The molecule has 0 aliphatic heterocycles. The highest BCUT2D eigenvalue weighted by Gasteiger charge is 2.69. The van der Waals surface area contributed by atoms with Crippen molar-refractivity contribution in [2.45, 2.75) is 52.9 Å². The van der Waals surface area contributed by atoms with Crippen LogP contribution in [0.15, 0.2) is 22.8 Å². The van der Waals surface area contributed by atoms with Crippen molar-refractivity contribution in [2.75, 3.05) is 13.0 Å². The summed E-state index contributed by atoms with van der Waals surface area (Å²) in [4.78, 5) is 38.1. The number of esters is 1. The predicted molar refractivity (Wildman–Crippen MR) is 116 cm³/mol. The van der Waals surface area contributed by atoms with Gasteiger partial charge in [-0.15, -0.1) is 11.6 Å². The molecule has 4 aliphatic carbocycles. The van der Waals surface area contributed by atoms with Gasteiger partial charge in [0.25, 0.3) is 0 Å². The van der Waals surface area contributed by atoms with Gasteiger partial charge in [0.15, 0.2) is 5.78 Å². The Morgan fingerprint density at radius 2 is 1.87 bits per heavy atom. The Morgan fingerprint density at radius 1 is 1.20 bits per heavy atom. The molecule has 4 rings (SSSR count). The number of hydrogen-bond acceptors (Lipinski definition) is 4. The summed E-state index contributed by atoms with van der Waals surface area (Å²) in [7, 11) is 1.37. The molecule has 4 nitrogen and oxygen atoms in total. The fourth-order valence-corrected chi connectivity index (χ4v) is 8.59. The van der Waals surface area contributed by atoms with Gasteiger partial charge in [-0.25, -0.2) is 0 Å². The van der Waals surface area contributed by atoms with Crippen LogP contribution >= 0.6 is 23.2 Å². The smallest absolute Gasteiger partial charge is 0.319 e. The zero-order valence-corrected chi connectivity index (χ0v) is 19.6. The van der Waals surface area contributed by atoms with Crippen LogP contribution in [0.2, 0.25) is 0 Å². The van der Waals surface area contributed by atoms with Crippen molar-refractivity contribution >= 4 is 40.7 Å². The molecule has 4 aliphatic rings. The Bertz CT molecular complexity index is 876. The topological polar surface area (TPSA) is 60.4 Å². The maximum Gasteiger partial charge on any atom is 0.319 e. The largest absolute Gasteiger partial charge is 0.468 e. The molecule has 6 heteroatoms. The Kier molecular flexibility index (Phi) is 5.30. The van der Waals surface area contributed by atoms with Crippen molar-refractivity contribution in [1.82, 2.24) is 0 Å². The summed E-state index contributed by atoms with van der Waals surface area (Å²) in [5, 5.41) is 0.629.